The van der Waals surface area contributed by atoms with Crippen LogP contribution in [0.2, 0.25) is 0 Å². The highest BCUT2D eigenvalue weighted by Gasteiger charge is 2.45. The van der Waals surface area contributed by atoms with Gasteiger partial charge in [0.2, 0.25) is 0 Å². The van der Waals surface area contributed by atoms with Crippen molar-refractivity contribution in [2.45, 2.75) is 12.4 Å². The van der Waals surface area contributed by atoms with Crippen LogP contribution in [0, 0.1) is 0 Å². The molecule has 0 amide bonds. The smallest absolute Gasteiger partial charge is 0.293 e. The van der Waals surface area contributed by atoms with Gasteiger partial charge in [0.1, 0.15) is 0 Å². The SMILES string of the molecule is C=C(C)C(=O)CNS(=O)(=O)C(F)(F)F. The van der Waals surface area contributed by atoms with E-state index < -0.39 is 27.9 Å². The van der Waals surface area contributed by atoms with Crippen molar-refractivity contribution in [3.63, 3.8) is 0 Å². The topological polar surface area (TPSA) is 63.2 Å². The number of carbonyl (C=O) groups is 1. The first-order chi connectivity index (χ1) is 6.08. The molecular weight excluding hydrogens is 223 g/mol. The molecule has 0 unspecified atom stereocenters. The van der Waals surface area contributed by atoms with Crippen LogP contribution in [0.4, 0.5) is 13.2 Å². The quantitative estimate of drug-likeness (QED) is 0.719. The third kappa shape index (κ3) is 3.46. The first-order valence-electron chi connectivity index (χ1n) is 3.32. The van der Waals surface area contributed by atoms with Crippen LogP contribution in [-0.4, -0.2) is 26.3 Å². The molecule has 0 fully saturated rings. The zero-order valence-corrected chi connectivity index (χ0v) is 8.00. The fourth-order valence-corrected chi connectivity index (χ4v) is 0.878. The van der Waals surface area contributed by atoms with Gasteiger partial charge in [-0.3, -0.25) is 4.79 Å². The minimum absolute atomic E-state index is 0.0186. The molecule has 0 aliphatic carbocycles. The average molecular weight is 231 g/mol. The monoisotopic (exact) mass is 231 g/mol. The van der Waals surface area contributed by atoms with Crippen molar-refractivity contribution in [3.05, 3.63) is 12.2 Å². The number of carbonyl (C=O) groups excluding carboxylic acids is 1. The number of hydrogen-bond acceptors (Lipinski definition) is 3. The van der Waals surface area contributed by atoms with Crippen LogP contribution in [0.15, 0.2) is 12.2 Å². The minimum Gasteiger partial charge on any atom is -0.293 e. The molecule has 0 aromatic heterocycles. The average Bonchev–Trinajstić information content (AvgIpc) is 1.97. The van der Waals surface area contributed by atoms with Gasteiger partial charge < -0.3 is 0 Å². The molecule has 0 aromatic carbocycles. The van der Waals surface area contributed by atoms with Gasteiger partial charge in [-0.15, -0.1) is 0 Å². The van der Waals surface area contributed by atoms with Gasteiger partial charge in [0.05, 0.1) is 6.54 Å². The lowest BCUT2D eigenvalue weighted by molar-refractivity contribution is -0.114. The zero-order chi connectivity index (χ0) is 11.6. The maximum Gasteiger partial charge on any atom is 0.511 e. The molecule has 0 saturated heterocycles. The van der Waals surface area contributed by atoms with E-state index in [4.69, 9.17) is 0 Å². The predicted octanol–water partition coefficient (Wildman–Crippen LogP) is 0.571. The second kappa shape index (κ2) is 4.09. The van der Waals surface area contributed by atoms with E-state index in [0.29, 0.717) is 0 Å². The molecule has 1 N–H and O–H groups in total. The van der Waals surface area contributed by atoms with Gasteiger partial charge in [0.15, 0.2) is 5.78 Å². The Kier molecular flexibility index (Phi) is 3.83. The van der Waals surface area contributed by atoms with Gasteiger partial charge in [-0.25, -0.2) is 8.42 Å². The predicted molar refractivity (Wildman–Crippen MR) is 42.8 cm³/mol. The highest BCUT2D eigenvalue weighted by Crippen LogP contribution is 2.21. The Hall–Kier alpha value is -0.890. The summed E-state index contributed by atoms with van der Waals surface area (Å²) in [5.74, 6) is -0.794. The van der Waals surface area contributed by atoms with Gasteiger partial charge in [-0.05, 0) is 12.5 Å². The van der Waals surface area contributed by atoms with E-state index in [9.17, 15) is 26.4 Å². The van der Waals surface area contributed by atoms with Crippen LogP contribution in [-0.2, 0) is 14.8 Å². The fourth-order valence-electron chi connectivity index (χ4n) is 0.393. The Morgan fingerprint density at radius 3 is 2.14 bits per heavy atom. The number of rotatable bonds is 4. The van der Waals surface area contributed by atoms with E-state index in [1.165, 1.54) is 6.92 Å². The van der Waals surface area contributed by atoms with Gasteiger partial charge in [-0.2, -0.15) is 17.9 Å². The first-order valence-corrected chi connectivity index (χ1v) is 4.81. The Morgan fingerprint density at radius 2 is 1.86 bits per heavy atom. The summed E-state index contributed by atoms with van der Waals surface area (Å²) in [6, 6.07) is 0. The molecule has 0 bridgehead atoms. The van der Waals surface area contributed by atoms with E-state index in [-0.39, 0.29) is 5.57 Å². The number of hydrogen-bond donors (Lipinski definition) is 1. The van der Waals surface area contributed by atoms with Gasteiger partial charge >= 0.3 is 15.5 Å². The normalized spacial score (nSPS) is 12.6. The summed E-state index contributed by atoms with van der Waals surface area (Å²) in [4.78, 5) is 10.7. The standard InChI is InChI=1S/C6H8F3NO3S/c1-4(2)5(11)3-10-14(12,13)6(7,8)9/h10H,1,3H2,2H3. The first kappa shape index (κ1) is 13.1. The number of halogens is 3. The molecule has 82 valence electrons. The molecule has 0 rings (SSSR count). The third-order valence-corrected chi connectivity index (χ3v) is 2.34. The highest BCUT2D eigenvalue weighted by molar-refractivity contribution is 7.90. The van der Waals surface area contributed by atoms with E-state index in [1.807, 2.05) is 0 Å². The summed E-state index contributed by atoms with van der Waals surface area (Å²) in [6.45, 7) is 3.49. The van der Waals surface area contributed by atoms with Crippen molar-refractivity contribution in [2.24, 2.45) is 0 Å². The van der Waals surface area contributed by atoms with Crippen molar-refractivity contribution in [2.75, 3.05) is 6.54 Å². The molecule has 0 aliphatic heterocycles. The fraction of sp³-hybridized carbons (Fsp3) is 0.500. The Bertz CT molecular complexity index is 344. The summed E-state index contributed by atoms with van der Waals surface area (Å²) in [6.07, 6.45) is 0. The lowest BCUT2D eigenvalue weighted by Crippen LogP contribution is -2.39. The van der Waals surface area contributed by atoms with Gasteiger partial charge in [0, 0.05) is 0 Å². The van der Waals surface area contributed by atoms with Crippen molar-refractivity contribution in [1.82, 2.24) is 4.72 Å². The maximum atomic E-state index is 11.7. The number of alkyl halides is 3. The summed E-state index contributed by atoms with van der Waals surface area (Å²) in [7, 11) is -5.44. The molecule has 0 atom stereocenters. The van der Waals surface area contributed by atoms with E-state index in [2.05, 4.69) is 6.58 Å². The lowest BCUT2D eigenvalue weighted by Gasteiger charge is -2.08. The molecule has 0 radical (unpaired) electrons. The van der Waals surface area contributed by atoms with Crippen LogP contribution in [0.3, 0.4) is 0 Å². The van der Waals surface area contributed by atoms with E-state index >= 15 is 0 Å². The number of Topliss-reactive ketones (excluding diaryl/α,β-unsaturated/α-hetero) is 1. The highest BCUT2D eigenvalue weighted by atomic mass is 32.2. The van der Waals surface area contributed by atoms with Crippen LogP contribution in [0.5, 0.6) is 0 Å². The van der Waals surface area contributed by atoms with E-state index in [0.717, 1.165) is 4.72 Å². The maximum absolute atomic E-state index is 11.7. The third-order valence-electron chi connectivity index (χ3n) is 1.20. The van der Waals surface area contributed by atoms with Gasteiger partial charge in [0.25, 0.3) is 0 Å². The van der Waals surface area contributed by atoms with E-state index in [1.54, 1.807) is 0 Å². The minimum atomic E-state index is -5.44. The Morgan fingerprint density at radius 1 is 1.43 bits per heavy atom. The molecule has 0 aromatic rings. The Balaban J connectivity index is 4.44. The summed E-state index contributed by atoms with van der Waals surface area (Å²) >= 11 is 0. The molecule has 0 spiro atoms. The second-order valence-electron chi connectivity index (χ2n) is 2.47. The summed E-state index contributed by atoms with van der Waals surface area (Å²) in [5, 5.41) is 0. The van der Waals surface area contributed by atoms with Crippen LogP contribution in [0.25, 0.3) is 0 Å². The summed E-state index contributed by atoms with van der Waals surface area (Å²) in [5.41, 5.74) is -5.42. The van der Waals surface area contributed by atoms with Crippen LogP contribution in [0.1, 0.15) is 6.92 Å². The molecule has 0 aliphatic rings. The molecule has 14 heavy (non-hydrogen) atoms. The number of nitrogens with one attached hydrogen (secondary N) is 1. The molecule has 8 heteroatoms. The largest absolute Gasteiger partial charge is 0.511 e. The number of ketones is 1. The van der Waals surface area contributed by atoms with Crippen LogP contribution >= 0.6 is 0 Å². The molecular formula is C6H8F3NO3S. The lowest BCUT2D eigenvalue weighted by atomic mass is 10.2. The molecule has 4 nitrogen and oxygen atoms in total. The molecule has 0 heterocycles. The summed E-state index contributed by atoms with van der Waals surface area (Å²) < 4.78 is 56.9. The zero-order valence-electron chi connectivity index (χ0n) is 7.18. The van der Waals surface area contributed by atoms with Crippen molar-refractivity contribution in [3.8, 4) is 0 Å². The molecule has 0 saturated carbocycles. The Labute approximate surface area is 78.8 Å². The van der Waals surface area contributed by atoms with Crippen LogP contribution < -0.4 is 4.72 Å². The number of sulfonamides is 1. The van der Waals surface area contributed by atoms with Gasteiger partial charge in [-0.1, -0.05) is 6.58 Å². The van der Waals surface area contributed by atoms with Crippen molar-refractivity contribution in [1.29, 1.82) is 0 Å². The van der Waals surface area contributed by atoms with Crippen molar-refractivity contribution >= 4 is 15.8 Å². The second-order valence-corrected chi connectivity index (χ2v) is 4.23. The van der Waals surface area contributed by atoms with Crippen molar-refractivity contribution < 1.29 is 26.4 Å².